The van der Waals surface area contributed by atoms with Crippen molar-refractivity contribution in [2.75, 3.05) is 11.4 Å². The molecule has 0 heterocycles. The molecule has 0 bridgehead atoms. The van der Waals surface area contributed by atoms with Crippen LogP contribution in [-0.4, -0.2) is 20.0 Å². The van der Waals surface area contributed by atoms with Gasteiger partial charge in [0.05, 0.1) is 5.69 Å². The maximum Gasteiger partial charge on any atom is 0.359 e. The molecule has 5 heteroatoms. The van der Waals surface area contributed by atoms with Crippen molar-refractivity contribution in [3.8, 4) is 0 Å². The molecule has 1 aromatic carbocycles. The summed E-state index contributed by atoms with van der Waals surface area (Å²) in [5, 5.41) is 0. The topological polar surface area (TPSA) is 57.6 Å². The first-order chi connectivity index (χ1) is 6.34. The van der Waals surface area contributed by atoms with Crippen molar-refractivity contribution in [2.45, 2.75) is 13.8 Å². The van der Waals surface area contributed by atoms with Gasteiger partial charge in [0.2, 0.25) is 0 Å². The maximum absolute atomic E-state index is 10.9. The second-order valence-corrected chi connectivity index (χ2v) is 4.61. The first-order valence-electron chi connectivity index (χ1n) is 4.11. The van der Waals surface area contributed by atoms with Crippen LogP contribution in [0.2, 0.25) is 0 Å². The van der Waals surface area contributed by atoms with Gasteiger partial charge >= 0.3 is 10.3 Å². The highest BCUT2D eigenvalue weighted by Gasteiger charge is 2.16. The zero-order valence-electron chi connectivity index (χ0n) is 8.35. The SMILES string of the molecule is Cc1cccc(N(C)S(=O)(=O)O)c1C. The zero-order chi connectivity index (χ0) is 10.9. The predicted molar refractivity (Wildman–Crippen MR) is 55.9 cm³/mol. The van der Waals surface area contributed by atoms with Crippen LogP contribution in [0.4, 0.5) is 5.69 Å². The Bertz CT molecular complexity index is 439. The minimum atomic E-state index is -4.16. The zero-order valence-corrected chi connectivity index (χ0v) is 9.17. The average molecular weight is 215 g/mol. The van der Waals surface area contributed by atoms with Gasteiger partial charge < -0.3 is 0 Å². The summed E-state index contributed by atoms with van der Waals surface area (Å²) in [6.45, 7) is 3.70. The van der Waals surface area contributed by atoms with Crippen molar-refractivity contribution in [1.29, 1.82) is 0 Å². The van der Waals surface area contributed by atoms with Crippen LogP contribution < -0.4 is 4.31 Å². The summed E-state index contributed by atoms with van der Waals surface area (Å²) < 4.78 is 31.5. The molecule has 78 valence electrons. The van der Waals surface area contributed by atoms with E-state index in [1.165, 1.54) is 7.05 Å². The van der Waals surface area contributed by atoms with Gasteiger partial charge in [0.25, 0.3) is 0 Å². The van der Waals surface area contributed by atoms with Crippen molar-refractivity contribution in [3.05, 3.63) is 29.3 Å². The quantitative estimate of drug-likeness (QED) is 0.761. The van der Waals surface area contributed by atoms with Gasteiger partial charge in [-0.2, -0.15) is 8.42 Å². The lowest BCUT2D eigenvalue weighted by atomic mass is 10.1. The third-order valence-electron chi connectivity index (χ3n) is 2.26. The van der Waals surface area contributed by atoms with E-state index in [0.29, 0.717) is 5.69 Å². The highest BCUT2D eigenvalue weighted by atomic mass is 32.2. The number of hydrogen-bond acceptors (Lipinski definition) is 2. The molecule has 0 amide bonds. The Morgan fingerprint density at radius 2 is 1.86 bits per heavy atom. The maximum atomic E-state index is 10.9. The Hall–Kier alpha value is -1.07. The minimum absolute atomic E-state index is 0.493. The molecule has 0 aliphatic rings. The number of hydrogen-bond donors (Lipinski definition) is 1. The number of rotatable bonds is 2. The number of nitrogens with zero attached hydrogens (tertiary/aromatic N) is 1. The molecule has 14 heavy (non-hydrogen) atoms. The molecule has 4 nitrogen and oxygen atoms in total. The van der Waals surface area contributed by atoms with Gasteiger partial charge in [0, 0.05) is 7.05 Å². The summed E-state index contributed by atoms with van der Waals surface area (Å²) in [4.78, 5) is 0. The van der Waals surface area contributed by atoms with Crippen LogP contribution in [0.15, 0.2) is 18.2 Å². The van der Waals surface area contributed by atoms with Crippen LogP contribution in [0, 0.1) is 13.8 Å². The highest BCUT2D eigenvalue weighted by Crippen LogP contribution is 2.22. The molecular formula is C9H13NO3S. The second kappa shape index (κ2) is 3.59. The molecule has 0 aliphatic heterocycles. The van der Waals surface area contributed by atoms with Crippen LogP contribution in [0.3, 0.4) is 0 Å². The molecule has 1 aromatic rings. The lowest BCUT2D eigenvalue weighted by Crippen LogP contribution is -2.26. The molecule has 0 atom stereocenters. The van der Waals surface area contributed by atoms with Crippen LogP contribution >= 0.6 is 0 Å². The number of benzene rings is 1. The Morgan fingerprint density at radius 1 is 1.29 bits per heavy atom. The van der Waals surface area contributed by atoms with Gasteiger partial charge in [-0.05, 0) is 31.0 Å². The Balaban J connectivity index is 3.28. The number of anilines is 1. The lowest BCUT2D eigenvalue weighted by molar-refractivity contribution is 0.481. The average Bonchev–Trinajstić information content (AvgIpc) is 2.07. The molecule has 1 rings (SSSR count). The summed E-state index contributed by atoms with van der Waals surface area (Å²) in [6, 6.07) is 5.28. The summed E-state index contributed by atoms with van der Waals surface area (Å²) in [5.74, 6) is 0. The molecule has 0 spiro atoms. The normalized spacial score (nSPS) is 11.4. The minimum Gasteiger partial charge on any atom is -0.269 e. The second-order valence-electron chi connectivity index (χ2n) is 3.16. The Morgan fingerprint density at radius 3 is 2.36 bits per heavy atom. The standard InChI is InChI=1S/C9H13NO3S/c1-7-5-4-6-9(8(7)2)10(3)14(11,12)13/h4-6H,1-3H3,(H,11,12,13). The van der Waals surface area contributed by atoms with Gasteiger partial charge in [-0.25, -0.2) is 0 Å². The molecule has 0 saturated heterocycles. The first-order valence-corrected chi connectivity index (χ1v) is 5.51. The number of aryl methyl sites for hydroxylation is 1. The summed E-state index contributed by atoms with van der Waals surface area (Å²) in [5.41, 5.74) is 2.32. The van der Waals surface area contributed by atoms with E-state index in [2.05, 4.69) is 0 Å². The summed E-state index contributed by atoms with van der Waals surface area (Å²) in [6.07, 6.45) is 0. The van der Waals surface area contributed by atoms with Crippen LogP contribution in [0.5, 0.6) is 0 Å². The summed E-state index contributed by atoms with van der Waals surface area (Å²) >= 11 is 0. The third-order valence-corrected chi connectivity index (χ3v) is 3.15. The van der Waals surface area contributed by atoms with E-state index >= 15 is 0 Å². The Labute approximate surface area is 84.1 Å². The van der Waals surface area contributed by atoms with E-state index in [1.807, 2.05) is 19.9 Å². The van der Waals surface area contributed by atoms with Gasteiger partial charge in [0.1, 0.15) is 0 Å². The fraction of sp³-hybridized carbons (Fsp3) is 0.333. The van der Waals surface area contributed by atoms with E-state index in [4.69, 9.17) is 4.55 Å². The van der Waals surface area contributed by atoms with E-state index in [-0.39, 0.29) is 0 Å². The third kappa shape index (κ3) is 2.05. The van der Waals surface area contributed by atoms with Gasteiger partial charge in [-0.15, -0.1) is 0 Å². The molecule has 0 unspecified atom stereocenters. The van der Waals surface area contributed by atoms with Gasteiger partial charge in [-0.1, -0.05) is 12.1 Å². The van der Waals surface area contributed by atoms with Crippen molar-refractivity contribution in [2.24, 2.45) is 0 Å². The van der Waals surface area contributed by atoms with Gasteiger partial charge in [0.15, 0.2) is 0 Å². The van der Waals surface area contributed by atoms with Crippen molar-refractivity contribution in [3.63, 3.8) is 0 Å². The van der Waals surface area contributed by atoms with E-state index in [0.717, 1.165) is 15.4 Å². The monoisotopic (exact) mass is 215 g/mol. The van der Waals surface area contributed by atoms with Crippen LogP contribution in [0.25, 0.3) is 0 Å². The fourth-order valence-corrected chi connectivity index (χ4v) is 1.65. The predicted octanol–water partition coefficient (Wildman–Crippen LogP) is 1.54. The van der Waals surface area contributed by atoms with Crippen molar-refractivity contribution < 1.29 is 13.0 Å². The van der Waals surface area contributed by atoms with Crippen LogP contribution in [-0.2, 0) is 10.3 Å². The molecule has 0 saturated carbocycles. The fourth-order valence-electron chi connectivity index (χ4n) is 1.20. The first kappa shape index (κ1) is 11.0. The van der Waals surface area contributed by atoms with E-state index in [9.17, 15) is 8.42 Å². The molecule has 1 N–H and O–H groups in total. The Kier molecular flexibility index (Phi) is 2.82. The molecule has 0 aliphatic carbocycles. The lowest BCUT2D eigenvalue weighted by Gasteiger charge is -2.18. The molecule has 0 aromatic heterocycles. The van der Waals surface area contributed by atoms with Crippen LogP contribution in [0.1, 0.15) is 11.1 Å². The molecule has 0 radical (unpaired) electrons. The molecular weight excluding hydrogens is 202 g/mol. The smallest absolute Gasteiger partial charge is 0.269 e. The summed E-state index contributed by atoms with van der Waals surface area (Å²) in [7, 11) is -2.85. The van der Waals surface area contributed by atoms with E-state index < -0.39 is 10.3 Å². The van der Waals surface area contributed by atoms with Crippen molar-refractivity contribution >= 4 is 16.0 Å². The van der Waals surface area contributed by atoms with Crippen molar-refractivity contribution in [1.82, 2.24) is 0 Å². The largest absolute Gasteiger partial charge is 0.359 e. The van der Waals surface area contributed by atoms with E-state index in [1.54, 1.807) is 12.1 Å². The van der Waals surface area contributed by atoms with Gasteiger partial charge in [-0.3, -0.25) is 8.86 Å². The molecule has 0 fully saturated rings. The highest BCUT2D eigenvalue weighted by molar-refractivity contribution is 7.87.